The smallest absolute Gasteiger partial charge is 0.407 e. The third-order valence-corrected chi connectivity index (χ3v) is 7.50. The van der Waals surface area contributed by atoms with Crippen molar-refractivity contribution in [1.29, 1.82) is 0 Å². The number of non-ortho nitro benzene ring substituents is 1. The van der Waals surface area contributed by atoms with E-state index < -0.39 is 35.0 Å². The number of benzene rings is 3. The Morgan fingerprint density at radius 3 is 2.05 bits per heavy atom. The lowest BCUT2D eigenvalue weighted by Crippen LogP contribution is -2.54. The SMILES string of the molecule is CCC(C)C(NC(=O)OCC1c2ccccc2-c2ccccc21)C(=O)NC(Cc1ccc([N+](=O)[O-])cc1)C(=O)OC. The first kappa shape index (κ1) is 29.3. The maximum atomic E-state index is 13.4. The first-order valence-electron chi connectivity index (χ1n) is 13.5. The van der Waals surface area contributed by atoms with Gasteiger partial charge in [-0.2, -0.15) is 0 Å². The largest absolute Gasteiger partial charge is 0.467 e. The van der Waals surface area contributed by atoms with Gasteiger partial charge in [0, 0.05) is 24.5 Å². The molecule has 0 heterocycles. The van der Waals surface area contributed by atoms with Crippen molar-refractivity contribution in [3.05, 3.63) is 99.6 Å². The van der Waals surface area contributed by atoms with Crippen molar-refractivity contribution >= 4 is 23.7 Å². The number of nitrogens with one attached hydrogen (secondary N) is 2. The van der Waals surface area contributed by atoms with Crippen molar-refractivity contribution in [3.63, 3.8) is 0 Å². The van der Waals surface area contributed by atoms with Gasteiger partial charge in [0.25, 0.3) is 5.69 Å². The van der Waals surface area contributed by atoms with E-state index in [2.05, 4.69) is 10.6 Å². The molecule has 0 saturated carbocycles. The molecule has 0 spiro atoms. The van der Waals surface area contributed by atoms with Gasteiger partial charge in [-0.3, -0.25) is 14.9 Å². The van der Waals surface area contributed by atoms with E-state index in [9.17, 15) is 24.5 Å². The Labute approximate surface area is 238 Å². The fraction of sp³-hybridized carbons (Fsp3) is 0.323. The normalized spacial score (nSPS) is 14.1. The van der Waals surface area contributed by atoms with Crippen LogP contribution >= 0.6 is 0 Å². The van der Waals surface area contributed by atoms with Gasteiger partial charge >= 0.3 is 12.1 Å². The van der Waals surface area contributed by atoms with Gasteiger partial charge in [-0.05, 0) is 33.7 Å². The minimum absolute atomic E-state index is 0.0502. The van der Waals surface area contributed by atoms with E-state index in [0.29, 0.717) is 12.0 Å². The number of methoxy groups -OCH3 is 1. The van der Waals surface area contributed by atoms with Crippen molar-refractivity contribution in [1.82, 2.24) is 10.6 Å². The number of hydrogen-bond acceptors (Lipinski definition) is 7. The number of nitro benzene ring substituents is 1. The molecule has 1 aliphatic rings. The zero-order valence-corrected chi connectivity index (χ0v) is 23.2. The fourth-order valence-electron chi connectivity index (χ4n) is 5.06. The maximum absolute atomic E-state index is 13.4. The molecule has 3 unspecified atom stereocenters. The Bertz CT molecular complexity index is 1380. The van der Waals surface area contributed by atoms with Gasteiger partial charge in [0.1, 0.15) is 18.7 Å². The van der Waals surface area contributed by atoms with Gasteiger partial charge in [-0.15, -0.1) is 0 Å². The van der Waals surface area contributed by atoms with E-state index in [0.717, 1.165) is 22.3 Å². The number of rotatable bonds is 11. The molecule has 3 aromatic rings. The molecule has 2 N–H and O–H groups in total. The molecule has 10 heteroatoms. The summed E-state index contributed by atoms with van der Waals surface area (Å²) in [6.45, 7) is 3.80. The molecule has 3 aromatic carbocycles. The summed E-state index contributed by atoms with van der Waals surface area (Å²) in [6, 6.07) is 19.6. The highest BCUT2D eigenvalue weighted by atomic mass is 16.6. The van der Waals surface area contributed by atoms with E-state index >= 15 is 0 Å². The Kier molecular flexibility index (Phi) is 9.34. The molecule has 0 aromatic heterocycles. The average Bonchev–Trinajstić information content (AvgIpc) is 3.31. The van der Waals surface area contributed by atoms with Crippen molar-refractivity contribution in [3.8, 4) is 11.1 Å². The highest BCUT2D eigenvalue weighted by Gasteiger charge is 2.33. The summed E-state index contributed by atoms with van der Waals surface area (Å²) < 4.78 is 10.5. The Morgan fingerprint density at radius 1 is 0.927 bits per heavy atom. The lowest BCUT2D eigenvalue weighted by Gasteiger charge is -2.26. The molecule has 0 saturated heterocycles. The van der Waals surface area contributed by atoms with Crippen LogP contribution in [0, 0.1) is 16.0 Å². The summed E-state index contributed by atoms with van der Waals surface area (Å²) in [5.74, 6) is -1.64. The summed E-state index contributed by atoms with van der Waals surface area (Å²) in [7, 11) is 1.21. The second-order valence-corrected chi connectivity index (χ2v) is 10.0. The number of nitro groups is 1. The molecule has 214 valence electrons. The van der Waals surface area contributed by atoms with Crippen LogP contribution in [-0.4, -0.2) is 48.7 Å². The molecule has 1 aliphatic carbocycles. The maximum Gasteiger partial charge on any atom is 0.407 e. The predicted molar refractivity (Wildman–Crippen MR) is 152 cm³/mol. The summed E-state index contributed by atoms with van der Waals surface area (Å²) in [4.78, 5) is 49.2. The predicted octanol–water partition coefficient (Wildman–Crippen LogP) is 4.75. The van der Waals surface area contributed by atoms with Crippen LogP contribution in [0.15, 0.2) is 72.8 Å². The Balaban J connectivity index is 1.43. The van der Waals surface area contributed by atoms with Crippen LogP contribution in [0.4, 0.5) is 10.5 Å². The van der Waals surface area contributed by atoms with E-state index in [-0.39, 0.29) is 30.6 Å². The van der Waals surface area contributed by atoms with Crippen molar-refractivity contribution in [2.24, 2.45) is 5.92 Å². The zero-order valence-electron chi connectivity index (χ0n) is 23.2. The van der Waals surface area contributed by atoms with E-state index in [1.165, 1.54) is 31.4 Å². The summed E-state index contributed by atoms with van der Waals surface area (Å²) in [5.41, 5.74) is 4.87. The highest BCUT2D eigenvalue weighted by molar-refractivity contribution is 5.90. The third-order valence-electron chi connectivity index (χ3n) is 7.50. The Hall–Kier alpha value is -4.73. The topological polar surface area (TPSA) is 137 Å². The van der Waals surface area contributed by atoms with Crippen LogP contribution < -0.4 is 10.6 Å². The first-order chi connectivity index (χ1) is 19.7. The van der Waals surface area contributed by atoms with Crippen molar-refractivity contribution in [2.45, 2.75) is 44.7 Å². The molecular formula is C31H33N3O7. The summed E-state index contributed by atoms with van der Waals surface area (Å²) in [5, 5.41) is 16.3. The van der Waals surface area contributed by atoms with Crippen LogP contribution in [0.2, 0.25) is 0 Å². The minimum Gasteiger partial charge on any atom is -0.467 e. The molecule has 0 aliphatic heterocycles. The molecular weight excluding hydrogens is 526 g/mol. The van der Waals surface area contributed by atoms with E-state index in [4.69, 9.17) is 9.47 Å². The molecule has 3 atom stereocenters. The second-order valence-electron chi connectivity index (χ2n) is 10.0. The summed E-state index contributed by atoms with van der Waals surface area (Å²) in [6.07, 6.45) is -0.112. The highest BCUT2D eigenvalue weighted by Crippen LogP contribution is 2.44. The molecule has 2 amide bonds. The van der Waals surface area contributed by atoms with E-state index in [1.807, 2.05) is 62.4 Å². The van der Waals surface area contributed by atoms with Crippen molar-refractivity contribution < 1.29 is 28.8 Å². The summed E-state index contributed by atoms with van der Waals surface area (Å²) >= 11 is 0. The first-order valence-corrected chi connectivity index (χ1v) is 13.5. The second kappa shape index (κ2) is 13.1. The molecule has 0 bridgehead atoms. The van der Waals surface area contributed by atoms with Gasteiger partial charge in [-0.1, -0.05) is 80.9 Å². The van der Waals surface area contributed by atoms with Gasteiger partial charge in [-0.25, -0.2) is 9.59 Å². The van der Waals surface area contributed by atoms with E-state index in [1.54, 1.807) is 0 Å². The molecule has 4 rings (SSSR count). The molecule has 0 radical (unpaired) electrons. The van der Waals surface area contributed by atoms with Gasteiger partial charge in [0.05, 0.1) is 12.0 Å². The number of nitrogens with zero attached hydrogens (tertiary/aromatic N) is 1. The number of hydrogen-bond donors (Lipinski definition) is 2. The third kappa shape index (κ3) is 6.71. The minimum atomic E-state index is -1.06. The lowest BCUT2D eigenvalue weighted by atomic mass is 9.97. The van der Waals surface area contributed by atoms with Crippen molar-refractivity contribution in [2.75, 3.05) is 13.7 Å². The number of esters is 1. The van der Waals surface area contributed by atoms with Gasteiger partial charge in [0.15, 0.2) is 0 Å². The lowest BCUT2D eigenvalue weighted by molar-refractivity contribution is -0.384. The molecule has 10 nitrogen and oxygen atoms in total. The number of ether oxygens (including phenoxy) is 2. The van der Waals surface area contributed by atoms with Gasteiger partial charge in [0.2, 0.25) is 5.91 Å². The van der Waals surface area contributed by atoms with Crippen LogP contribution in [0.5, 0.6) is 0 Å². The molecule has 0 fully saturated rings. The van der Waals surface area contributed by atoms with Crippen LogP contribution in [-0.2, 0) is 25.5 Å². The molecule has 41 heavy (non-hydrogen) atoms. The number of carbonyl (C=O) groups excluding carboxylic acids is 3. The quantitative estimate of drug-likeness (QED) is 0.197. The monoisotopic (exact) mass is 559 g/mol. The van der Waals surface area contributed by atoms with Crippen LogP contribution in [0.1, 0.15) is 42.9 Å². The number of amides is 2. The number of carbonyl (C=O) groups is 3. The Morgan fingerprint density at radius 2 is 1.51 bits per heavy atom. The number of alkyl carbamates (subject to hydrolysis) is 1. The van der Waals surface area contributed by atoms with Gasteiger partial charge < -0.3 is 20.1 Å². The standard InChI is InChI=1S/C31H33N3O7/c1-4-19(2)28(29(35)32-27(30(36)40-3)17-20-13-15-21(16-14-20)34(38)39)33-31(37)41-18-26-24-11-7-5-9-22(24)23-10-6-8-12-25(23)26/h5-16,19,26-28H,4,17-18H2,1-3H3,(H,32,35)(H,33,37). The van der Waals surface area contributed by atoms with Crippen LogP contribution in [0.3, 0.4) is 0 Å². The zero-order chi connectivity index (χ0) is 29.5. The average molecular weight is 560 g/mol. The van der Waals surface area contributed by atoms with Crippen LogP contribution in [0.25, 0.3) is 11.1 Å². The number of fused-ring (bicyclic) bond motifs is 3. The fourth-order valence-corrected chi connectivity index (χ4v) is 5.06.